The van der Waals surface area contributed by atoms with Gasteiger partial charge in [-0.2, -0.15) is 0 Å². The summed E-state index contributed by atoms with van der Waals surface area (Å²) in [7, 11) is -2.09. The maximum atomic E-state index is 13.9. The Morgan fingerprint density at radius 1 is 1.38 bits per heavy atom. The summed E-state index contributed by atoms with van der Waals surface area (Å²) in [6.07, 6.45) is 1.62. The average Bonchev–Trinajstić information content (AvgIpc) is 2.62. The number of amides is 1. The number of benzene rings is 1. The van der Waals surface area contributed by atoms with E-state index in [4.69, 9.17) is 16.3 Å². The van der Waals surface area contributed by atoms with E-state index in [0.717, 1.165) is 6.42 Å². The molecule has 1 aromatic rings. The van der Waals surface area contributed by atoms with Gasteiger partial charge in [-0.1, -0.05) is 17.7 Å². The van der Waals surface area contributed by atoms with E-state index in [2.05, 4.69) is 5.32 Å². The third kappa shape index (κ3) is 5.64. The van der Waals surface area contributed by atoms with Gasteiger partial charge in [0.05, 0.1) is 5.75 Å². The maximum absolute atomic E-state index is 13.9. The van der Waals surface area contributed by atoms with Crippen LogP contribution in [0.1, 0.15) is 24.8 Å². The fraction of sp³-hybridized carbons (Fsp3) is 0.588. The summed E-state index contributed by atoms with van der Waals surface area (Å²) in [5, 5.41) is 2.94. The molecule has 1 amide bonds. The van der Waals surface area contributed by atoms with E-state index >= 15 is 0 Å². The van der Waals surface area contributed by atoms with Crippen molar-refractivity contribution in [1.82, 2.24) is 9.62 Å². The summed E-state index contributed by atoms with van der Waals surface area (Å²) in [4.78, 5) is 12.1. The van der Waals surface area contributed by atoms with Crippen molar-refractivity contribution in [1.29, 1.82) is 0 Å². The van der Waals surface area contributed by atoms with Crippen LogP contribution in [0.4, 0.5) is 4.39 Å². The van der Waals surface area contributed by atoms with E-state index in [9.17, 15) is 17.6 Å². The molecule has 9 heteroatoms. The molecule has 0 spiro atoms. The van der Waals surface area contributed by atoms with Crippen molar-refractivity contribution in [3.63, 3.8) is 0 Å². The van der Waals surface area contributed by atoms with Crippen LogP contribution in [0.2, 0.25) is 5.02 Å². The minimum Gasteiger partial charge on any atom is -0.385 e. The van der Waals surface area contributed by atoms with Gasteiger partial charge in [0, 0.05) is 49.9 Å². The number of nitrogens with one attached hydrogen (secondary N) is 1. The van der Waals surface area contributed by atoms with Crippen LogP contribution >= 0.6 is 11.6 Å². The zero-order chi connectivity index (χ0) is 19.2. The number of carbonyl (C=O) groups is 1. The summed E-state index contributed by atoms with van der Waals surface area (Å²) in [6.45, 7) is 1.60. The minimum atomic E-state index is -3.69. The maximum Gasteiger partial charge on any atom is 0.223 e. The Kier molecular flexibility index (Phi) is 7.82. The second-order valence-electron chi connectivity index (χ2n) is 6.27. The van der Waals surface area contributed by atoms with Crippen LogP contribution in [0, 0.1) is 11.7 Å². The van der Waals surface area contributed by atoms with Gasteiger partial charge in [0.15, 0.2) is 0 Å². The van der Waals surface area contributed by atoms with E-state index in [1.165, 1.54) is 22.5 Å². The first-order valence-corrected chi connectivity index (χ1v) is 10.5. The Morgan fingerprint density at radius 3 is 2.69 bits per heavy atom. The van der Waals surface area contributed by atoms with E-state index < -0.39 is 21.6 Å². The molecule has 1 N–H and O–H groups in total. The molecule has 6 nitrogen and oxygen atoms in total. The molecule has 0 aromatic heterocycles. The lowest BCUT2D eigenvalue weighted by Gasteiger charge is -2.30. The lowest BCUT2D eigenvalue weighted by molar-refractivity contribution is -0.126. The van der Waals surface area contributed by atoms with Gasteiger partial charge in [0.1, 0.15) is 5.82 Å². The number of ether oxygens (including phenoxy) is 1. The molecule has 0 bridgehead atoms. The van der Waals surface area contributed by atoms with Gasteiger partial charge in [0.25, 0.3) is 0 Å². The van der Waals surface area contributed by atoms with Crippen molar-refractivity contribution in [3.8, 4) is 0 Å². The number of carbonyl (C=O) groups excluding carboxylic acids is 1. The highest BCUT2D eigenvalue weighted by molar-refractivity contribution is 7.88. The first kappa shape index (κ1) is 21.1. The van der Waals surface area contributed by atoms with E-state index in [-0.39, 0.29) is 35.5 Å². The number of methoxy groups -OCH3 is 1. The smallest absolute Gasteiger partial charge is 0.223 e. The van der Waals surface area contributed by atoms with Crippen LogP contribution in [-0.4, -0.2) is 52.0 Å². The molecule has 2 rings (SSSR count). The van der Waals surface area contributed by atoms with E-state index in [0.29, 0.717) is 26.0 Å². The molecule has 1 aliphatic rings. The van der Waals surface area contributed by atoms with Crippen molar-refractivity contribution in [3.05, 3.63) is 34.6 Å². The quantitative estimate of drug-likeness (QED) is 0.671. The van der Waals surface area contributed by atoms with Gasteiger partial charge >= 0.3 is 0 Å². The third-order valence-electron chi connectivity index (χ3n) is 4.43. The molecule has 1 saturated heterocycles. The van der Waals surface area contributed by atoms with Crippen molar-refractivity contribution in [2.24, 2.45) is 5.92 Å². The van der Waals surface area contributed by atoms with Crippen molar-refractivity contribution < 1.29 is 22.3 Å². The predicted octanol–water partition coefficient (Wildman–Crippen LogP) is 2.17. The van der Waals surface area contributed by atoms with Gasteiger partial charge in [-0.05, 0) is 31.4 Å². The van der Waals surface area contributed by atoms with Crippen LogP contribution in [0.15, 0.2) is 18.2 Å². The second-order valence-corrected chi connectivity index (χ2v) is 8.64. The molecule has 1 aromatic carbocycles. The monoisotopic (exact) mass is 406 g/mol. The minimum absolute atomic E-state index is 0.0211. The summed E-state index contributed by atoms with van der Waals surface area (Å²) >= 11 is 5.93. The standard InChI is InChI=1S/C17H24ClFN2O4S/c1-25-11-3-8-20-17(22)13-6-9-21(10-7-13)26(23,24)12-14-15(18)4-2-5-16(14)19/h2,4-5,13H,3,6-12H2,1H3,(H,20,22). The normalized spacial score (nSPS) is 16.6. The highest BCUT2D eigenvalue weighted by Gasteiger charge is 2.32. The number of nitrogens with zero attached hydrogens (tertiary/aromatic N) is 1. The second kappa shape index (κ2) is 9.64. The molecule has 0 radical (unpaired) electrons. The number of sulfonamides is 1. The highest BCUT2D eigenvalue weighted by atomic mass is 35.5. The molecule has 0 unspecified atom stereocenters. The number of halogens is 2. The number of hydrogen-bond donors (Lipinski definition) is 1. The number of rotatable bonds is 8. The fourth-order valence-electron chi connectivity index (χ4n) is 2.91. The van der Waals surface area contributed by atoms with Crippen LogP contribution in [0.3, 0.4) is 0 Å². The average molecular weight is 407 g/mol. The lowest BCUT2D eigenvalue weighted by atomic mass is 9.97. The summed E-state index contributed by atoms with van der Waals surface area (Å²) in [5.41, 5.74) is -0.0211. The van der Waals surface area contributed by atoms with Crippen molar-refractivity contribution >= 4 is 27.5 Å². The Hall–Kier alpha value is -1.22. The van der Waals surface area contributed by atoms with Gasteiger partial charge in [0.2, 0.25) is 15.9 Å². The van der Waals surface area contributed by atoms with E-state index in [1.54, 1.807) is 7.11 Å². The predicted molar refractivity (Wildman–Crippen MR) is 97.8 cm³/mol. The molecular formula is C17H24ClFN2O4S. The zero-order valence-electron chi connectivity index (χ0n) is 14.7. The fourth-order valence-corrected chi connectivity index (χ4v) is 4.83. The van der Waals surface area contributed by atoms with Crippen LogP contribution in [0.5, 0.6) is 0 Å². The first-order valence-electron chi connectivity index (χ1n) is 8.52. The molecule has 0 aliphatic carbocycles. The number of hydrogen-bond acceptors (Lipinski definition) is 4. The van der Waals surface area contributed by atoms with Crippen molar-refractivity contribution in [2.75, 3.05) is 33.4 Å². The molecule has 0 saturated carbocycles. The molecule has 26 heavy (non-hydrogen) atoms. The topological polar surface area (TPSA) is 75.7 Å². The van der Waals surface area contributed by atoms with Crippen LogP contribution < -0.4 is 5.32 Å². The molecule has 1 fully saturated rings. The highest BCUT2D eigenvalue weighted by Crippen LogP contribution is 2.26. The Morgan fingerprint density at radius 2 is 2.08 bits per heavy atom. The molecule has 1 aliphatic heterocycles. The third-order valence-corrected chi connectivity index (χ3v) is 6.59. The molecule has 1 heterocycles. The number of piperidine rings is 1. The first-order chi connectivity index (χ1) is 12.3. The Balaban J connectivity index is 1.89. The Bertz CT molecular complexity index is 701. The van der Waals surface area contributed by atoms with E-state index in [1.807, 2.05) is 0 Å². The van der Waals surface area contributed by atoms with Crippen LogP contribution in [0.25, 0.3) is 0 Å². The SMILES string of the molecule is COCCCNC(=O)C1CCN(S(=O)(=O)Cc2c(F)cccc2Cl)CC1. The van der Waals surface area contributed by atoms with Gasteiger partial charge in [-0.3, -0.25) is 4.79 Å². The summed E-state index contributed by atoms with van der Waals surface area (Å²) < 4.78 is 45.2. The zero-order valence-corrected chi connectivity index (χ0v) is 16.3. The molecular weight excluding hydrogens is 383 g/mol. The summed E-state index contributed by atoms with van der Waals surface area (Å²) in [6, 6.07) is 4.09. The molecule has 0 atom stereocenters. The lowest BCUT2D eigenvalue weighted by Crippen LogP contribution is -2.43. The molecule has 146 valence electrons. The largest absolute Gasteiger partial charge is 0.385 e. The van der Waals surface area contributed by atoms with Crippen molar-refractivity contribution in [2.45, 2.75) is 25.0 Å². The van der Waals surface area contributed by atoms with Gasteiger partial charge < -0.3 is 10.1 Å². The summed E-state index contributed by atoms with van der Waals surface area (Å²) in [5.74, 6) is -1.38. The van der Waals surface area contributed by atoms with Gasteiger partial charge in [-0.15, -0.1) is 0 Å². The van der Waals surface area contributed by atoms with Gasteiger partial charge in [-0.25, -0.2) is 17.1 Å². The Labute approximate surface area is 158 Å². The van der Waals surface area contributed by atoms with Crippen LogP contribution in [-0.2, 0) is 25.3 Å².